The van der Waals surface area contributed by atoms with Gasteiger partial charge in [-0.3, -0.25) is 9.48 Å². The molecular formula is C17H21N3O3S. The van der Waals surface area contributed by atoms with Crippen LogP contribution in [0.3, 0.4) is 0 Å². The number of amides is 1. The summed E-state index contributed by atoms with van der Waals surface area (Å²) < 4.78 is 14.0. The number of aromatic nitrogens is 2. The number of carbonyl (C=O) groups is 1. The van der Waals surface area contributed by atoms with E-state index in [1.807, 2.05) is 39.4 Å². The van der Waals surface area contributed by atoms with Crippen molar-refractivity contribution in [2.45, 2.75) is 31.1 Å². The molecule has 4 rings (SSSR count). The molecule has 0 bridgehead atoms. The highest BCUT2D eigenvalue weighted by atomic mass is 32.1. The van der Waals surface area contributed by atoms with Crippen LogP contribution >= 0.6 is 11.3 Å². The fourth-order valence-corrected chi connectivity index (χ4v) is 4.19. The molecule has 2 atom stereocenters. The van der Waals surface area contributed by atoms with Crippen LogP contribution in [0.1, 0.15) is 22.5 Å². The zero-order chi connectivity index (χ0) is 16.4. The molecule has 2 aromatic rings. The molecule has 1 spiro atoms. The van der Waals surface area contributed by atoms with Gasteiger partial charge < -0.3 is 14.4 Å². The zero-order valence-corrected chi connectivity index (χ0v) is 14.3. The van der Waals surface area contributed by atoms with Crippen LogP contribution < -0.4 is 0 Å². The van der Waals surface area contributed by atoms with Crippen molar-refractivity contribution in [3.63, 3.8) is 0 Å². The maximum Gasteiger partial charge on any atom is 0.264 e. The van der Waals surface area contributed by atoms with Gasteiger partial charge in [0, 0.05) is 18.9 Å². The van der Waals surface area contributed by atoms with Gasteiger partial charge in [0.15, 0.2) is 0 Å². The summed E-state index contributed by atoms with van der Waals surface area (Å²) in [4.78, 5) is 15.4. The van der Waals surface area contributed by atoms with Crippen molar-refractivity contribution < 1.29 is 14.3 Å². The lowest BCUT2D eigenvalue weighted by Gasteiger charge is -2.31. The summed E-state index contributed by atoms with van der Waals surface area (Å²) in [6.45, 7) is 3.07. The van der Waals surface area contributed by atoms with Gasteiger partial charge in [0.2, 0.25) is 0 Å². The average Bonchev–Trinajstić information content (AvgIpc) is 3.30. The molecule has 2 saturated heterocycles. The SMILES string of the molecule is O=C(c1cccs1)N1CCOC[C@]2(CC[C@H](Cn3cccn3)O2)C1. The van der Waals surface area contributed by atoms with Crippen LogP contribution in [0.15, 0.2) is 36.0 Å². The lowest BCUT2D eigenvalue weighted by molar-refractivity contribution is -0.0880. The van der Waals surface area contributed by atoms with E-state index in [4.69, 9.17) is 9.47 Å². The molecule has 24 heavy (non-hydrogen) atoms. The van der Waals surface area contributed by atoms with Crippen LogP contribution in [0.4, 0.5) is 0 Å². The van der Waals surface area contributed by atoms with Crippen LogP contribution in [0, 0.1) is 0 Å². The van der Waals surface area contributed by atoms with Crippen LogP contribution in [-0.2, 0) is 16.0 Å². The van der Waals surface area contributed by atoms with E-state index in [9.17, 15) is 4.79 Å². The van der Waals surface area contributed by atoms with Gasteiger partial charge in [-0.05, 0) is 30.4 Å². The Morgan fingerprint density at radius 1 is 1.46 bits per heavy atom. The Bertz CT molecular complexity index is 673. The summed E-state index contributed by atoms with van der Waals surface area (Å²) in [5.74, 6) is 0.0778. The summed E-state index contributed by atoms with van der Waals surface area (Å²) in [5, 5.41) is 6.19. The molecule has 0 aliphatic carbocycles. The van der Waals surface area contributed by atoms with Crippen molar-refractivity contribution in [2.75, 3.05) is 26.3 Å². The highest BCUT2D eigenvalue weighted by Crippen LogP contribution is 2.34. The van der Waals surface area contributed by atoms with E-state index in [2.05, 4.69) is 5.10 Å². The Labute approximate surface area is 145 Å². The topological polar surface area (TPSA) is 56.6 Å². The fourth-order valence-electron chi connectivity index (χ4n) is 3.50. The van der Waals surface area contributed by atoms with Crippen molar-refractivity contribution in [2.24, 2.45) is 0 Å². The summed E-state index contributed by atoms with van der Waals surface area (Å²) in [6.07, 6.45) is 5.72. The van der Waals surface area contributed by atoms with E-state index < -0.39 is 0 Å². The lowest BCUT2D eigenvalue weighted by atomic mass is 10.00. The van der Waals surface area contributed by atoms with Crippen LogP contribution in [-0.4, -0.2) is 58.6 Å². The Morgan fingerprint density at radius 3 is 3.21 bits per heavy atom. The van der Waals surface area contributed by atoms with Gasteiger partial charge in [-0.2, -0.15) is 5.10 Å². The predicted octanol–water partition coefficient (Wildman–Crippen LogP) is 2.03. The van der Waals surface area contributed by atoms with E-state index in [0.29, 0.717) is 26.3 Å². The fraction of sp³-hybridized carbons (Fsp3) is 0.529. The molecular weight excluding hydrogens is 326 g/mol. The van der Waals surface area contributed by atoms with E-state index in [1.54, 1.807) is 6.20 Å². The van der Waals surface area contributed by atoms with Crippen LogP contribution in [0.5, 0.6) is 0 Å². The lowest BCUT2D eigenvalue weighted by Crippen LogP contribution is -2.46. The quantitative estimate of drug-likeness (QED) is 0.853. The highest BCUT2D eigenvalue weighted by Gasteiger charge is 2.44. The molecule has 6 nitrogen and oxygen atoms in total. The first kappa shape index (κ1) is 15.8. The van der Waals surface area contributed by atoms with Gasteiger partial charge in [0.25, 0.3) is 5.91 Å². The Kier molecular flexibility index (Phi) is 4.39. The zero-order valence-electron chi connectivity index (χ0n) is 13.5. The predicted molar refractivity (Wildman–Crippen MR) is 90.1 cm³/mol. The van der Waals surface area contributed by atoms with E-state index >= 15 is 0 Å². The molecule has 4 heterocycles. The molecule has 1 amide bonds. The number of hydrogen-bond donors (Lipinski definition) is 0. The summed E-state index contributed by atoms with van der Waals surface area (Å²) in [7, 11) is 0. The summed E-state index contributed by atoms with van der Waals surface area (Å²) in [5.41, 5.74) is -0.388. The Morgan fingerprint density at radius 2 is 2.42 bits per heavy atom. The van der Waals surface area contributed by atoms with Gasteiger partial charge in [-0.25, -0.2) is 0 Å². The molecule has 0 unspecified atom stereocenters. The first-order valence-corrected chi connectivity index (χ1v) is 9.18. The van der Waals surface area contributed by atoms with Crippen LogP contribution in [0.25, 0.3) is 0 Å². The van der Waals surface area contributed by atoms with Gasteiger partial charge in [0.1, 0.15) is 5.60 Å². The average molecular weight is 347 g/mol. The van der Waals surface area contributed by atoms with Gasteiger partial charge in [-0.15, -0.1) is 11.3 Å². The van der Waals surface area contributed by atoms with Crippen molar-refractivity contribution >= 4 is 17.2 Å². The molecule has 2 aromatic heterocycles. The van der Waals surface area contributed by atoms with Crippen molar-refractivity contribution in [1.82, 2.24) is 14.7 Å². The summed E-state index contributed by atoms with van der Waals surface area (Å²) in [6, 6.07) is 5.70. The van der Waals surface area contributed by atoms with Crippen LogP contribution in [0.2, 0.25) is 0 Å². The molecule has 7 heteroatoms. The largest absolute Gasteiger partial charge is 0.377 e. The Hall–Kier alpha value is -1.70. The molecule has 128 valence electrons. The number of ether oxygens (including phenoxy) is 2. The van der Waals surface area contributed by atoms with E-state index in [1.165, 1.54) is 11.3 Å². The molecule has 0 N–H and O–H groups in total. The number of hydrogen-bond acceptors (Lipinski definition) is 5. The molecule has 0 aromatic carbocycles. The normalized spacial score (nSPS) is 27.5. The third-order valence-corrected chi connectivity index (χ3v) is 5.52. The van der Waals surface area contributed by atoms with Crippen molar-refractivity contribution in [3.8, 4) is 0 Å². The molecule has 2 fully saturated rings. The molecule has 2 aliphatic rings. The smallest absolute Gasteiger partial charge is 0.264 e. The first-order chi connectivity index (χ1) is 11.7. The van der Waals surface area contributed by atoms with Gasteiger partial charge >= 0.3 is 0 Å². The monoisotopic (exact) mass is 347 g/mol. The number of carbonyl (C=O) groups excluding carboxylic acids is 1. The number of nitrogens with zero attached hydrogens (tertiary/aromatic N) is 3. The summed E-state index contributed by atoms with van der Waals surface area (Å²) >= 11 is 1.48. The third kappa shape index (κ3) is 3.24. The minimum Gasteiger partial charge on any atom is -0.377 e. The Balaban J connectivity index is 1.45. The molecule has 0 saturated carbocycles. The van der Waals surface area contributed by atoms with Crippen molar-refractivity contribution in [3.05, 3.63) is 40.8 Å². The molecule has 0 radical (unpaired) electrons. The standard InChI is InChI=1S/C17H21N3O3S/c21-16(15-3-1-10-24-15)19-8-9-22-13-17(12-19)5-4-14(23-17)11-20-7-2-6-18-20/h1-3,6-7,10,14H,4-5,8-9,11-13H2/t14-,17+/m1/s1. The van der Waals surface area contributed by atoms with E-state index in [-0.39, 0.29) is 17.6 Å². The second kappa shape index (κ2) is 6.66. The van der Waals surface area contributed by atoms with Gasteiger partial charge in [-0.1, -0.05) is 6.07 Å². The first-order valence-electron chi connectivity index (χ1n) is 8.30. The number of thiophene rings is 1. The molecule has 2 aliphatic heterocycles. The maximum atomic E-state index is 12.7. The van der Waals surface area contributed by atoms with Crippen molar-refractivity contribution in [1.29, 1.82) is 0 Å². The third-order valence-electron chi connectivity index (χ3n) is 4.66. The second-order valence-electron chi connectivity index (χ2n) is 6.45. The van der Waals surface area contributed by atoms with Gasteiger partial charge in [0.05, 0.1) is 37.3 Å². The minimum atomic E-state index is -0.388. The van der Waals surface area contributed by atoms with E-state index in [0.717, 1.165) is 24.3 Å². The minimum absolute atomic E-state index is 0.0778. The number of rotatable bonds is 3. The second-order valence-corrected chi connectivity index (χ2v) is 7.39. The maximum absolute atomic E-state index is 12.7. The highest BCUT2D eigenvalue weighted by molar-refractivity contribution is 7.12.